The third-order valence-electron chi connectivity index (χ3n) is 2.39. The molecular formula is C10H23NO5. The maximum atomic E-state index is 9.47. The zero-order valence-electron chi connectivity index (χ0n) is 9.58. The number of hydrogen-bond donors (Lipinski definition) is 6. The molecule has 6 heteroatoms. The van der Waals surface area contributed by atoms with Gasteiger partial charge in [-0.05, 0) is 13.0 Å². The van der Waals surface area contributed by atoms with Crippen LogP contribution in [-0.4, -0.2) is 69.6 Å². The lowest BCUT2D eigenvalue weighted by Crippen LogP contribution is -2.49. The first-order chi connectivity index (χ1) is 7.54. The topological polar surface area (TPSA) is 113 Å². The number of aliphatic hydroxyl groups is 5. The van der Waals surface area contributed by atoms with Crippen LogP contribution in [0.15, 0.2) is 0 Å². The highest BCUT2D eigenvalue weighted by atomic mass is 16.4. The highest BCUT2D eigenvalue weighted by Crippen LogP contribution is 2.04. The van der Waals surface area contributed by atoms with Crippen molar-refractivity contribution in [2.45, 2.75) is 44.2 Å². The summed E-state index contributed by atoms with van der Waals surface area (Å²) in [6.07, 6.45) is -3.65. The van der Waals surface area contributed by atoms with Crippen LogP contribution >= 0.6 is 0 Å². The van der Waals surface area contributed by atoms with Gasteiger partial charge in [0.15, 0.2) is 0 Å². The van der Waals surface area contributed by atoms with Crippen LogP contribution in [0.5, 0.6) is 0 Å². The smallest absolute Gasteiger partial charge is 0.111 e. The lowest BCUT2D eigenvalue weighted by Gasteiger charge is -2.25. The van der Waals surface area contributed by atoms with Gasteiger partial charge in [0, 0.05) is 6.54 Å². The lowest BCUT2D eigenvalue weighted by atomic mass is 10.0. The van der Waals surface area contributed by atoms with E-state index >= 15 is 0 Å². The Bertz CT molecular complexity index is 169. The van der Waals surface area contributed by atoms with Crippen molar-refractivity contribution < 1.29 is 25.5 Å². The van der Waals surface area contributed by atoms with Gasteiger partial charge in [-0.3, -0.25) is 0 Å². The average molecular weight is 237 g/mol. The predicted octanol–water partition coefficient (Wildman–Crippen LogP) is -2.19. The molecule has 0 aliphatic rings. The molecule has 0 rings (SSSR count). The van der Waals surface area contributed by atoms with Gasteiger partial charge in [0.25, 0.3) is 0 Å². The monoisotopic (exact) mass is 237 g/mol. The molecule has 0 saturated heterocycles. The van der Waals surface area contributed by atoms with Gasteiger partial charge < -0.3 is 30.8 Å². The summed E-state index contributed by atoms with van der Waals surface area (Å²) in [7, 11) is 0. The summed E-state index contributed by atoms with van der Waals surface area (Å²) in [5.41, 5.74) is 0. The molecule has 0 aromatic carbocycles. The molecule has 0 amide bonds. The molecule has 0 spiro atoms. The van der Waals surface area contributed by atoms with E-state index in [0.29, 0.717) is 0 Å². The molecular weight excluding hydrogens is 214 g/mol. The Balaban J connectivity index is 3.83. The fraction of sp³-hybridized carbons (Fsp3) is 1.00. The molecule has 0 fully saturated rings. The molecule has 0 radical (unpaired) electrons. The summed E-state index contributed by atoms with van der Waals surface area (Å²) in [4.78, 5) is 0. The first-order valence-electron chi connectivity index (χ1n) is 5.58. The van der Waals surface area contributed by atoms with Gasteiger partial charge in [-0.25, -0.2) is 0 Å². The van der Waals surface area contributed by atoms with Crippen molar-refractivity contribution in [3.8, 4) is 0 Å². The summed E-state index contributed by atoms with van der Waals surface area (Å²) < 4.78 is 0. The molecule has 0 bridgehead atoms. The van der Waals surface area contributed by atoms with Crippen LogP contribution in [0.2, 0.25) is 0 Å². The molecule has 16 heavy (non-hydrogen) atoms. The van der Waals surface area contributed by atoms with Crippen molar-refractivity contribution >= 4 is 0 Å². The SMILES string of the molecule is CCCCNC[C@H](O)[C@H](O)[C@@H](O)[C@@H](O)CO. The predicted molar refractivity (Wildman–Crippen MR) is 58.9 cm³/mol. The number of hydrogen-bond acceptors (Lipinski definition) is 6. The van der Waals surface area contributed by atoms with Gasteiger partial charge in [0.1, 0.15) is 18.3 Å². The zero-order valence-corrected chi connectivity index (χ0v) is 9.58. The number of aliphatic hydroxyl groups excluding tert-OH is 5. The van der Waals surface area contributed by atoms with Crippen LogP contribution < -0.4 is 5.32 Å². The van der Waals surface area contributed by atoms with Gasteiger partial charge in [-0.1, -0.05) is 13.3 Å². The Hall–Kier alpha value is -0.240. The summed E-state index contributed by atoms with van der Waals surface area (Å²) in [5.74, 6) is 0. The highest BCUT2D eigenvalue weighted by Gasteiger charge is 2.29. The van der Waals surface area contributed by atoms with Crippen molar-refractivity contribution in [2.24, 2.45) is 0 Å². The highest BCUT2D eigenvalue weighted by molar-refractivity contribution is 4.81. The van der Waals surface area contributed by atoms with Crippen LogP contribution in [0.1, 0.15) is 19.8 Å². The van der Waals surface area contributed by atoms with E-state index in [4.69, 9.17) is 10.2 Å². The molecule has 0 aromatic rings. The van der Waals surface area contributed by atoms with E-state index in [1.165, 1.54) is 0 Å². The minimum atomic E-state index is -1.55. The minimum absolute atomic E-state index is 0.135. The fourth-order valence-electron chi connectivity index (χ4n) is 1.24. The first-order valence-corrected chi connectivity index (χ1v) is 5.58. The van der Waals surface area contributed by atoms with E-state index in [-0.39, 0.29) is 6.54 Å². The van der Waals surface area contributed by atoms with Crippen LogP contribution in [0.25, 0.3) is 0 Å². The lowest BCUT2D eigenvalue weighted by molar-refractivity contribution is -0.113. The maximum absolute atomic E-state index is 9.47. The van der Waals surface area contributed by atoms with Crippen LogP contribution in [0.3, 0.4) is 0 Å². The van der Waals surface area contributed by atoms with Crippen molar-refractivity contribution in [1.82, 2.24) is 5.32 Å². The third kappa shape index (κ3) is 5.74. The van der Waals surface area contributed by atoms with Crippen LogP contribution in [-0.2, 0) is 0 Å². The molecule has 6 N–H and O–H groups in total. The molecule has 6 nitrogen and oxygen atoms in total. The van der Waals surface area contributed by atoms with Crippen LogP contribution in [0, 0.1) is 0 Å². The van der Waals surface area contributed by atoms with E-state index in [0.717, 1.165) is 19.4 Å². The molecule has 4 atom stereocenters. The van der Waals surface area contributed by atoms with Crippen LogP contribution in [0.4, 0.5) is 0 Å². The molecule has 0 aliphatic carbocycles. The summed E-state index contributed by atoms with van der Waals surface area (Å²) >= 11 is 0. The molecule has 0 unspecified atom stereocenters. The summed E-state index contributed by atoms with van der Waals surface area (Å²) in [6, 6.07) is 0. The number of unbranched alkanes of at least 4 members (excludes halogenated alkanes) is 1. The summed E-state index contributed by atoms with van der Waals surface area (Å²) in [6.45, 7) is 2.23. The van der Waals surface area contributed by atoms with Gasteiger partial charge in [0.2, 0.25) is 0 Å². The zero-order chi connectivity index (χ0) is 12.6. The van der Waals surface area contributed by atoms with E-state index < -0.39 is 31.0 Å². The minimum Gasteiger partial charge on any atom is -0.394 e. The van der Waals surface area contributed by atoms with E-state index in [1.54, 1.807) is 0 Å². The van der Waals surface area contributed by atoms with E-state index in [9.17, 15) is 15.3 Å². The number of nitrogens with one attached hydrogen (secondary N) is 1. The fourth-order valence-corrected chi connectivity index (χ4v) is 1.24. The summed E-state index contributed by atoms with van der Waals surface area (Å²) in [5, 5.41) is 48.8. The molecule has 0 aliphatic heterocycles. The Labute approximate surface area is 95.5 Å². The normalized spacial score (nSPS) is 19.1. The Morgan fingerprint density at radius 3 is 2.06 bits per heavy atom. The largest absolute Gasteiger partial charge is 0.394 e. The standard InChI is InChI=1S/C10H23NO5/c1-2-3-4-11-5-7(13)9(15)10(16)8(14)6-12/h7-16H,2-6H2,1H3/t7-,8-,9-,10-/m0/s1. The van der Waals surface area contributed by atoms with Gasteiger partial charge in [0.05, 0.1) is 12.7 Å². The van der Waals surface area contributed by atoms with Gasteiger partial charge >= 0.3 is 0 Å². The second kappa shape index (κ2) is 8.86. The Morgan fingerprint density at radius 2 is 1.56 bits per heavy atom. The van der Waals surface area contributed by atoms with Crippen molar-refractivity contribution in [1.29, 1.82) is 0 Å². The van der Waals surface area contributed by atoms with Gasteiger partial charge in [-0.15, -0.1) is 0 Å². The van der Waals surface area contributed by atoms with Crippen molar-refractivity contribution in [3.63, 3.8) is 0 Å². The molecule has 0 heterocycles. The van der Waals surface area contributed by atoms with E-state index in [1.807, 2.05) is 6.92 Å². The number of rotatable bonds is 9. The second-order valence-corrected chi connectivity index (χ2v) is 3.86. The quantitative estimate of drug-likeness (QED) is 0.254. The first kappa shape index (κ1) is 15.8. The molecule has 0 saturated carbocycles. The van der Waals surface area contributed by atoms with Crippen molar-refractivity contribution in [2.75, 3.05) is 19.7 Å². The Morgan fingerprint density at radius 1 is 1.00 bits per heavy atom. The second-order valence-electron chi connectivity index (χ2n) is 3.86. The van der Waals surface area contributed by atoms with E-state index in [2.05, 4.69) is 5.32 Å². The van der Waals surface area contributed by atoms with Crippen molar-refractivity contribution in [3.05, 3.63) is 0 Å². The molecule has 0 aromatic heterocycles. The average Bonchev–Trinajstić information content (AvgIpc) is 2.31. The van der Waals surface area contributed by atoms with Gasteiger partial charge in [-0.2, -0.15) is 0 Å². The maximum Gasteiger partial charge on any atom is 0.111 e. The Kier molecular flexibility index (Phi) is 8.73. The molecule has 98 valence electrons. The third-order valence-corrected chi connectivity index (χ3v) is 2.39.